The molecule has 0 heterocycles. The molecule has 0 saturated heterocycles. The topological polar surface area (TPSA) is 34.1 Å². The van der Waals surface area contributed by atoms with Crippen molar-refractivity contribution in [3.63, 3.8) is 0 Å². The molecule has 9 heteroatoms. The van der Waals surface area contributed by atoms with Gasteiger partial charge < -0.3 is 0 Å². The molecule has 2 aliphatic carbocycles. The average Bonchev–Trinajstić information content (AvgIpc) is 3.67. The predicted octanol–water partition coefficient (Wildman–Crippen LogP) is 17.5. The number of hydrogen-bond acceptors (Lipinski definition) is 2. The minimum Gasteiger partial charge on any atom is -0.294 e. The third-order valence-electron chi connectivity index (χ3n) is 11.2. The lowest BCUT2D eigenvalue weighted by molar-refractivity contribution is -0.111. The molecule has 316 valence electrons. The van der Waals surface area contributed by atoms with Gasteiger partial charge in [0.05, 0.1) is 5.34 Å². The molecule has 58 heavy (non-hydrogen) atoms. The lowest BCUT2D eigenvalue weighted by Crippen LogP contribution is -2.25. The van der Waals surface area contributed by atoms with Crippen LogP contribution in [-0.4, -0.2) is 27.7 Å². The summed E-state index contributed by atoms with van der Waals surface area (Å²) in [7, 11) is 14.8. The molecule has 0 atom stereocenters. The number of carbonyl (C=O) groups is 2. The van der Waals surface area contributed by atoms with Gasteiger partial charge in [-0.2, -0.15) is 0 Å². The first-order valence-electron chi connectivity index (χ1n) is 21.1. The summed E-state index contributed by atoms with van der Waals surface area (Å²) in [6, 6.07) is 33.5. The van der Waals surface area contributed by atoms with Gasteiger partial charge in [0, 0.05) is 29.2 Å². The molecule has 0 saturated carbocycles. The maximum absolute atomic E-state index is 12.3. The van der Waals surface area contributed by atoms with Gasteiger partial charge in [0.15, 0.2) is 5.78 Å². The van der Waals surface area contributed by atoms with Crippen molar-refractivity contribution in [3.05, 3.63) is 119 Å². The Morgan fingerprint density at radius 1 is 0.500 bits per heavy atom. The van der Waals surface area contributed by atoms with Gasteiger partial charge in [-0.05, 0) is 87.9 Å². The Morgan fingerprint density at radius 2 is 0.793 bits per heavy atom. The zero-order valence-electron chi connectivity index (χ0n) is 35.4. The molecule has 2 nitrogen and oxygen atoms in total. The summed E-state index contributed by atoms with van der Waals surface area (Å²) in [5.41, 5.74) is 12.9. The van der Waals surface area contributed by atoms with Gasteiger partial charge in [0.25, 0.3) is 0 Å². The van der Waals surface area contributed by atoms with Crippen molar-refractivity contribution in [1.82, 2.24) is 0 Å². The molecule has 0 spiro atoms. The Kier molecular flexibility index (Phi) is 25.6. The highest BCUT2D eigenvalue weighted by Gasteiger charge is 2.43. The van der Waals surface area contributed by atoms with Crippen LogP contribution >= 0.6 is 65.0 Å². The number of rotatable bonds is 15. The van der Waals surface area contributed by atoms with E-state index in [0.29, 0.717) is 12.8 Å². The second-order valence-corrected chi connectivity index (χ2v) is 22.5. The quantitative estimate of drug-likeness (QED) is 0.0515. The largest absolute Gasteiger partial charge is 0.643 e. The molecule has 0 fully saturated rings. The number of carbonyl (C=O) groups excluding carboxylic acids is 2. The molecular formula is C49H63AlCl6O2. The van der Waals surface area contributed by atoms with Crippen LogP contribution in [0.3, 0.4) is 0 Å². The van der Waals surface area contributed by atoms with Crippen LogP contribution in [-0.2, 0) is 15.6 Å². The van der Waals surface area contributed by atoms with Crippen molar-refractivity contribution in [3.8, 4) is 22.3 Å². The molecule has 0 aliphatic heterocycles. The number of fused-ring (bicyclic) bond motifs is 6. The van der Waals surface area contributed by atoms with Crippen molar-refractivity contribution in [2.45, 2.75) is 142 Å². The second kappa shape index (κ2) is 28.2. The van der Waals surface area contributed by atoms with E-state index in [1.54, 1.807) is 18.1 Å². The highest BCUT2D eigenvalue weighted by molar-refractivity contribution is 7.54. The van der Waals surface area contributed by atoms with Crippen LogP contribution in [0.2, 0.25) is 0 Å². The molecule has 6 rings (SSSR count). The molecule has 0 unspecified atom stereocenters. The molecule has 2 aliphatic rings. The Hall–Kier alpha value is -1.51. The summed E-state index contributed by atoms with van der Waals surface area (Å²) in [6.07, 6.45) is 16.0. The highest BCUT2D eigenvalue weighted by atomic mass is 35.8. The highest BCUT2D eigenvalue weighted by Crippen LogP contribution is 2.55. The summed E-state index contributed by atoms with van der Waals surface area (Å²) < 4.78 is 0. The lowest BCUT2D eigenvalue weighted by Gasteiger charge is -2.32. The first-order valence-corrected chi connectivity index (χ1v) is 27.8. The summed E-state index contributed by atoms with van der Waals surface area (Å²) in [6.45, 7) is 12.8. The average molecular weight is 924 g/mol. The fourth-order valence-electron chi connectivity index (χ4n) is 8.49. The Bertz CT molecular complexity index is 1760. The van der Waals surface area contributed by atoms with E-state index in [1.165, 1.54) is 110 Å². The van der Waals surface area contributed by atoms with Gasteiger partial charge >= 0.3 is 11.4 Å². The molecule has 4 aromatic rings. The zero-order chi connectivity index (χ0) is 43.1. The number of halogens is 6. The number of alkyl halides is 2. The first-order chi connectivity index (χ1) is 27.9. The molecule has 0 radical (unpaired) electrons. The van der Waals surface area contributed by atoms with Crippen molar-refractivity contribution in [1.29, 1.82) is 0 Å². The summed E-state index contributed by atoms with van der Waals surface area (Å²) in [5.74, 6) is 0.249. The van der Waals surface area contributed by atoms with Gasteiger partial charge in [-0.3, -0.25) is 9.59 Å². The maximum Gasteiger partial charge on any atom is 0.643 e. The molecule has 0 N–H and O–H groups in total. The van der Waals surface area contributed by atoms with Crippen molar-refractivity contribution in [2.75, 3.05) is 5.34 Å². The van der Waals surface area contributed by atoms with E-state index >= 15 is 0 Å². The maximum atomic E-state index is 12.3. The van der Waals surface area contributed by atoms with E-state index in [-0.39, 0.29) is 27.2 Å². The SMILES string of the molecule is CCC(=O)Cl.CCCCC1(CCCC)c2ccccc2-c2ccc(C(=O)CC)cc21.CCCCC1(CCCC)c2ccccc2-c2ccccc21.ClCCl.[Cl][Al]([Cl])[Cl]. The Morgan fingerprint density at radius 3 is 1.09 bits per heavy atom. The van der Waals surface area contributed by atoms with Gasteiger partial charge in [-0.15, -0.1) is 23.2 Å². The standard InChI is InChI=1S/C24H30O.C21H26.C3H5ClO.CH2Cl2.Al.3ClH/c1-4-7-15-24(16-8-5-2)21-12-10-9-11-19(21)20-14-13-18(17-22(20)24)23(25)6-3;1-3-5-15-21(16-6-4-2)19-13-9-7-11-17(19)18-12-8-10-14-20(18)21;1-2-3(4)5;2-1-3;;;;/h9-14,17H,4-8,15-16H2,1-3H3;7-14H,3-6,15-16H2,1-2H3;2H2,1H3;1H2;;3*1H/q;;;;+3;;;/p-3. The van der Waals surface area contributed by atoms with Gasteiger partial charge in [0.1, 0.15) is 0 Å². The molecule has 0 aromatic heterocycles. The Balaban J connectivity index is 0.000000316. The summed E-state index contributed by atoms with van der Waals surface area (Å²) >= 11 is 12.6. The second-order valence-electron chi connectivity index (χ2n) is 14.8. The molecule has 0 bridgehead atoms. The predicted molar refractivity (Wildman–Crippen MR) is 259 cm³/mol. The van der Waals surface area contributed by atoms with E-state index in [1.807, 2.05) is 13.0 Å². The Labute approximate surface area is 382 Å². The van der Waals surface area contributed by atoms with Crippen LogP contribution in [0.1, 0.15) is 164 Å². The van der Waals surface area contributed by atoms with Crippen molar-refractivity contribution >= 4 is 87.4 Å². The third-order valence-corrected chi connectivity index (χ3v) is 11.5. The minimum absolute atomic E-state index is 0.0853. The van der Waals surface area contributed by atoms with E-state index in [9.17, 15) is 9.59 Å². The van der Waals surface area contributed by atoms with Crippen LogP contribution < -0.4 is 0 Å². The van der Waals surface area contributed by atoms with Gasteiger partial charge in [-0.1, -0.05) is 178 Å². The van der Waals surface area contributed by atoms with Gasteiger partial charge in [0.2, 0.25) is 5.24 Å². The summed E-state index contributed by atoms with van der Waals surface area (Å²) in [5, 5.41) is -0.0787. The smallest absolute Gasteiger partial charge is 0.294 e. The van der Waals surface area contributed by atoms with Crippen LogP contribution in [0, 0.1) is 0 Å². The van der Waals surface area contributed by atoms with Crippen molar-refractivity contribution < 1.29 is 9.59 Å². The number of hydrogen-bond donors (Lipinski definition) is 0. The molecule has 4 aromatic carbocycles. The van der Waals surface area contributed by atoms with Gasteiger partial charge in [-0.25, -0.2) is 30.1 Å². The van der Waals surface area contributed by atoms with Crippen LogP contribution in [0.25, 0.3) is 22.3 Å². The third kappa shape index (κ3) is 14.3. The molecular weight excluding hydrogens is 860 g/mol. The van der Waals surface area contributed by atoms with E-state index in [2.05, 4.69) is 113 Å². The lowest BCUT2D eigenvalue weighted by atomic mass is 9.70. The normalized spacial score (nSPS) is 12.9. The zero-order valence-corrected chi connectivity index (χ0v) is 41.1. The van der Waals surface area contributed by atoms with Crippen LogP contribution in [0.15, 0.2) is 91.0 Å². The number of ketones is 1. The van der Waals surface area contributed by atoms with E-state index < -0.39 is 11.4 Å². The van der Waals surface area contributed by atoms with Crippen LogP contribution in [0.4, 0.5) is 0 Å². The first kappa shape index (κ1) is 52.6. The number of Topliss-reactive ketones (excluding diaryl/α,β-unsaturated/α-hetero) is 1. The number of benzene rings is 4. The fraction of sp³-hybridized carbons (Fsp3) is 0.469. The van der Waals surface area contributed by atoms with E-state index in [4.69, 9.17) is 65.0 Å². The molecule has 0 amide bonds. The monoisotopic (exact) mass is 920 g/mol. The summed E-state index contributed by atoms with van der Waals surface area (Å²) in [4.78, 5) is 21.9. The number of unbranched alkanes of at least 4 members (excludes halogenated alkanes) is 4. The van der Waals surface area contributed by atoms with Crippen LogP contribution in [0.5, 0.6) is 0 Å². The minimum atomic E-state index is -1.72. The fourth-order valence-corrected chi connectivity index (χ4v) is 8.49. The van der Waals surface area contributed by atoms with Crippen molar-refractivity contribution in [2.24, 2.45) is 0 Å². The van der Waals surface area contributed by atoms with E-state index in [0.717, 1.165) is 5.56 Å².